The first-order chi connectivity index (χ1) is 11.9. The summed E-state index contributed by atoms with van der Waals surface area (Å²) in [6.07, 6.45) is 7.66. The molecule has 1 aliphatic carbocycles. The van der Waals surface area contributed by atoms with Gasteiger partial charge in [0, 0.05) is 31.7 Å². The summed E-state index contributed by atoms with van der Waals surface area (Å²) in [7, 11) is 3.12. The molecule has 1 aliphatic rings. The van der Waals surface area contributed by atoms with Crippen LogP contribution < -0.4 is 16.6 Å². The lowest BCUT2D eigenvalue weighted by Gasteiger charge is -2.23. The largest absolute Gasteiger partial charge is 0.353 e. The Morgan fingerprint density at radius 2 is 1.92 bits per heavy atom. The molecule has 0 atom stereocenters. The molecule has 0 aromatic carbocycles. The number of anilines is 1. The lowest BCUT2D eigenvalue weighted by Crippen LogP contribution is -2.37. The molecule has 7 nitrogen and oxygen atoms in total. The van der Waals surface area contributed by atoms with Crippen molar-refractivity contribution in [3.8, 4) is 0 Å². The summed E-state index contributed by atoms with van der Waals surface area (Å²) < 4.78 is 4.34. The van der Waals surface area contributed by atoms with E-state index in [9.17, 15) is 9.59 Å². The Balaban J connectivity index is 2.17. The van der Waals surface area contributed by atoms with Crippen LogP contribution >= 0.6 is 11.6 Å². The monoisotopic (exact) mass is 365 g/mol. The Bertz CT molecular complexity index is 927. The highest BCUT2D eigenvalue weighted by molar-refractivity contribution is 6.29. The van der Waals surface area contributed by atoms with Crippen LogP contribution in [0.4, 0.5) is 5.95 Å². The number of allylic oxidation sites excluding steroid dienone is 2. The van der Waals surface area contributed by atoms with Crippen molar-refractivity contribution in [1.29, 1.82) is 0 Å². The van der Waals surface area contributed by atoms with Crippen LogP contribution in [0.15, 0.2) is 20.7 Å². The number of hydrogen-bond acceptors (Lipinski definition) is 4. The summed E-state index contributed by atoms with van der Waals surface area (Å²) in [5.41, 5.74) is 0.0856. The quantitative estimate of drug-likeness (QED) is 0.902. The van der Waals surface area contributed by atoms with Crippen molar-refractivity contribution in [2.75, 3.05) is 5.32 Å². The average Bonchev–Trinajstić information content (AvgIpc) is 2.95. The normalized spacial score (nSPS) is 16.6. The maximum Gasteiger partial charge on any atom is 0.332 e. The highest BCUT2D eigenvalue weighted by Crippen LogP contribution is 2.23. The zero-order valence-corrected chi connectivity index (χ0v) is 15.6. The van der Waals surface area contributed by atoms with Crippen molar-refractivity contribution in [3.05, 3.63) is 31.9 Å². The molecule has 3 rings (SSSR count). The highest BCUT2D eigenvalue weighted by Gasteiger charge is 2.21. The van der Waals surface area contributed by atoms with Gasteiger partial charge < -0.3 is 9.88 Å². The van der Waals surface area contributed by atoms with Gasteiger partial charge in [0.05, 0.1) is 0 Å². The van der Waals surface area contributed by atoms with Gasteiger partial charge in [-0.1, -0.05) is 36.9 Å². The fourth-order valence-corrected chi connectivity index (χ4v) is 3.45. The summed E-state index contributed by atoms with van der Waals surface area (Å²) in [6, 6.07) is 0.339. The SMILES string of the molecule is C/C(Cl)=C/Cn1c(NC2CCCCC2)nc2c1c(=O)n(C)c(=O)n2C. The molecule has 0 radical (unpaired) electrons. The fourth-order valence-electron chi connectivity index (χ4n) is 3.38. The number of aromatic nitrogens is 4. The van der Waals surface area contributed by atoms with Crippen molar-refractivity contribution in [2.45, 2.75) is 51.6 Å². The lowest BCUT2D eigenvalue weighted by molar-refractivity contribution is 0.459. The maximum absolute atomic E-state index is 12.7. The smallest absolute Gasteiger partial charge is 0.332 e. The van der Waals surface area contributed by atoms with Crippen molar-refractivity contribution in [1.82, 2.24) is 18.7 Å². The Kier molecular flexibility index (Phi) is 5.03. The minimum atomic E-state index is -0.379. The van der Waals surface area contributed by atoms with Crippen LogP contribution in [0, 0.1) is 0 Å². The molecule has 1 fully saturated rings. The van der Waals surface area contributed by atoms with E-state index in [4.69, 9.17) is 11.6 Å². The Hall–Kier alpha value is -2.02. The van der Waals surface area contributed by atoms with Gasteiger partial charge in [-0.05, 0) is 19.8 Å². The van der Waals surface area contributed by atoms with E-state index in [1.54, 1.807) is 14.0 Å². The number of halogens is 1. The van der Waals surface area contributed by atoms with E-state index in [1.807, 2.05) is 10.6 Å². The first-order valence-corrected chi connectivity index (χ1v) is 9.03. The van der Waals surface area contributed by atoms with Gasteiger partial charge in [-0.2, -0.15) is 4.98 Å². The molecule has 0 amide bonds. The Morgan fingerprint density at radius 1 is 1.24 bits per heavy atom. The van der Waals surface area contributed by atoms with Gasteiger partial charge in [0.2, 0.25) is 5.95 Å². The van der Waals surface area contributed by atoms with Gasteiger partial charge in [-0.25, -0.2) is 4.79 Å². The molecule has 2 aromatic rings. The summed E-state index contributed by atoms with van der Waals surface area (Å²) in [6.45, 7) is 2.22. The Morgan fingerprint density at radius 3 is 2.56 bits per heavy atom. The van der Waals surface area contributed by atoms with E-state index in [1.165, 1.54) is 30.9 Å². The topological polar surface area (TPSA) is 73.8 Å². The first-order valence-electron chi connectivity index (χ1n) is 8.65. The van der Waals surface area contributed by atoms with Crippen LogP contribution in [-0.4, -0.2) is 24.7 Å². The zero-order valence-electron chi connectivity index (χ0n) is 14.9. The number of rotatable bonds is 4. The molecule has 1 N–H and O–H groups in total. The molecular formula is C17H24ClN5O2. The standard InChI is InChI=1S/C17H24ClN5O2/c1-11(18)9-10-23-13-14(21(2)17(25)22(3)15(13)24)20-16(23)19-12-7-5-4-6-8-12/h9,12H,4-8,10H2,1-3H3,(H,19,20)/b11-9-. The molecular weight excluding hydrogens is 342 g/mol. The second kappa shape index (κ2) is 7.07. The minimum absolute atomic E-state index is 0.339. The minimum Gasteiger partial charge on any atom is -0.353 e. The highest BCUT2D eigenvalue weighted by atomic mass is 35.5. The molecule has 1 saturated carbocycles. The summed E-state index contributed by atoms with van der Waals surface area (Å²) in [5, 5.41) is 4.12. The molecule has 8 heteroatoms. The second-order valence-electron chi connectivity index (χ2n) is 6.69. The third-order valence-electron chi connectivity index (χ3n) is 4.84. The molecule has 2 heterocycles. The molecule has 0 bridgehead atoms. The van der Waals surface area contributed by atoms with E-state index < -0.39 is 0 Å². The number of nitrogens with zero attached hydrogens (tertiary/aromatic N) is 4. The van der Waals surface area contributed by atoms with Crippen LogP contribution in [0.1, 0.15) is 39.0 Å². The number of imidazole rings is 1. The van der Waals surface area contributed by atoms with Gasteiger partial charge in [-0.3, -0.25) is 13.9 Å². The molecule has 0 saturated heterocycles. The predicted molar refractivity (Wildman–Crippen MR) is 100 cm³/mol. The van der Waals surface area contributed by atoms with Crippen LogP contribution in [0.3, 0.4) is 0 Å². The average molecular weight is 366 g/mol. The van der Waals surface area contributed by atoms with E-state index in [0.29, 0.717) is 34.7 Å². The van der Waals surface area contributed by atoms with Gasteiger partial charge in [0.1, 0.15) is 0 Å². The van der Waals surface area contributed by atoms with Crippen molar-refractivity contribution in [2.24, 2.45) is 14.1 Å². The molecule has 2 aromatic heterocycles. The molecule has 0 unspecified atom stereocenters. The van der Waals surface area contributed by atoms with E-state index in [2.05, 4.69) is 10.3 Å². The molecule has 25 heavy (non-hydrogen) atoms. The van der Waals surface area contributed by atoms with Gasteiger partial charge in [-0.15, -0.1) is 0 Å². The molecule has 0 aliphatic heterocycles. The van der Waals surface area contributed by atoms with E-state index in [-0.39, 0.29) is 11.2 Å². The number of fused-ring (bicyclic) bond motifs is 1. The zero-order chi connectivity index (χ0) is 18.1. The fraction of sp³-hybridized carbons (Fsp3) is 0.588. The van der Waals surface area contributed by atoms with E-state index >= 15 is 0 Å². The third-order valence-corrected chi connectivity index (χ3v) is 5.00. The first kappa shape index (κ1) is 17.8. The summed E-state index contributed by atoms with van der Waals surface area (Å²) in [4.78, 5) is 29.5. The van der Waals surface area contributed by atoms with Crippen molar-refractivity contribution >= 4 is 28.7 Å². The van der Waals surface area contributed by atoms with Crippen LogP contribution in [-0.2, 0) is 20.6 Å². The number of hydrogen-bond donors (Lipinski definition) is 1. The van der Waals surface area contributed by atoms with Gasteiger partial charge >= 0.3 is 5.69 Å². The molecule has 136 valence electrons. The summed E-state index contributed by atoms with van der Waals surface area (Å²) >= 11 is 5.99. The lowest BCUT2D eigenvalue weighted by atomic mass is 9.96. The van der Waals surface area contributed by atoms with Crippen LogP contribution in [0.25, 0.3) is 11.2 Å². The Labute approximate surface area is 150 Å². The maximum atomic E-state index is 12.7. The van der Waals surface area contributed by atoms with Crippen molar-refractivity contribution < 1.29 is 0 Å². The number of aryl methyl sites for hydroxylation is 1. The number of nitrogens with one attached hydrogen (secondary N) is 1. The van der Waals surface area contributed by atoms with Gasteiger partial charge in [0.15, 0.2) is 11.2 Å². The van der Waals surface area contributed by atoms with Gasteiger partial charge in [0.25, 0.3) is 5.56 Å². The van der Waals surface area contributed by atoms with Crippen LogP contribution in [0.5, 0.6) is 0 Å². The van der Waals surface area contributed by atoms with Crippen molar-refractivity contribution in [3.63, 3.8) is 0 Å². The third kappa shape index (κ3) is 3.38. The van der Waals surface area contributed by atoms with Crippen LogP contribution in [0.2, 0.25) is 0 Å². The summed E-state index contributed by atoms with van der Waals surface area (Å²) in [5.74, 6) is 0.620. The predicted octanol–water partition coefficient (Wildman–Crippen LogP) is 2.32. The second-order valence-corrected chi connectivity index (χ2v) is 7.29. The molecule has 0 spiro atoms. The van der Waals surface area contributed by atoms with E-state index in [0.717, 1.165) is 17.4 Å².